The minimum atomic E-state index is -3.08. The van der Waals surface area contributed by atoms with Crippen LogP contribution in [0.3, 0.4) is 0 Å². The Hall–Kier alpha value is -1.69. The van der Waals surface area contributed by atoms with Crippen molar-refractivity contribution < 1.29 is 12.8 Å². The summed E-state index contributed by atoms with van der Waals surface area (Å²) >= 11 is 0. The van der Waals surface area contributed by atoms with Gasteiger partial charge in [-0.1, -0.05) is 32.9 Å². The molecule has 0 bridgehead atoms. The molecular formula is C15H19NO4S. The smallest absolute Gasteiger partial charge is 0.408 e. The van der Waals surface area contributed by atoms with Gasteiger partial charge in [0.05, 0.1) is 11.4 Å². The van der Waals surface area contributed by atoms with Crippen LogP contribution in [0, 0.1) is 0 Å². The molecule has 0 amide bonds. The van der Waals surface area contributed by atoms with Gasteiger partial charge in [0, 0.05) is 17.1 Å². The lowest BCUT2D eigenvalue weighted by Crippen LogP contribution is -2.20. The highest BCUT2D eigenvalue weighted by Crippen LogP contribution is 2.28. The fraction of sp³-hybridized carbons (Fsp3) is 0.467. The van der Waals surface area contributed by atoms with Gasteiger partial charge in [-0.3, -0.25) is 0 Å². The Bertz CT molecular complexity index is 829. The fourth-order valence-corrected chi connectivity index (χ4v) is 2.81. The van der Waals surface area contributed by atoms with Crippen molar-refractivity contribution in [3.05, 3.63) is 40.0 Å². The Morgan fingerprint density at radius 2 is 1.90 bits per heavy atom. The Morgan fingerprint density at radius 3 is 2.48 bits per heavy atom. The normalized spacial score (nSPS) is 12.8. The summed E-state index contributed by atoms with van der Waals surface area (Å²) in [6, 6.07) is 5.45. The molecule has 0 atom stereocenters. The van der Waals surface area contributed by atoms with Gasteiger partial charge < -0.3 is 4.42 Å². The molecule has 21 heavy (non-hydrogen) atoms. The number of aryl methyl sites for hydroxylation is 1. The number of nitrogens with zero attached hydrogens (tertiary/aromatic N) is 1. The molecule has 2 rings (SSSR count). The average Bonchev–Trinajstić information content (AvgIpc) is 2.33. The van der Waals surface area contributed by atoms with Crippen molar-refractivity contribution in [3.8, 4) is 0 Å². The summed E-state index contributed by atoms with van der Waals surface area (Å²) in [6.45, 7) is 5.91. The van der Waals surface area contributed by atoms with Gasteiger partial charge in [-0.2, -0.15) is 4.98 Å². The van der Waals surface area contributed by atoms with Crippen LogP contribution >= 0.6 is 0 Å². The molecule has 0 fully saturated rings. The summed E-state index contributed by atoms with van der Waals surface area (Å²) in [5.41, 5.74) is 1.51. The van der Waals surface area contributed by atoms with Crippen LogP contribution in [0.5, 0.6) is 0 Å². The second-order valence-electron chi connectivity index (χ2n) is 6.25. The van der Waals surface area contributed by atoms with Crippen molar-refractivity contribution in [2.45, 2.75) is 32.6 Å². The van der Waals surface area contributed by atoms with Gasteiger partial charge in [0.15, 0.2) is 0 Å². The van der Waals surface area contributed by atoms with Crippen LogP contribution in [0.25, 0.3) is 11.0 Å². The van der Waals surface area contributed by atoms with Crippen molar-refractivity contribution in [3.63, 3.8) is 0 Å². The third-order valence-electron chi connectivity index (χ3n) is 3.20. The molecule has 0 N–H and O–H groups in total. The van der Waals surface area contributed by atoms with Crippen molar-refractivity contribution in [2.75, 3.05) is 12.0 Å². The number of rotatable bonds is 3. The van der Waals surface area contributed by atoms with Gasteiger partial charge in [-0.15, -0.1) is 0 Å². The number of para-hydroxylation sites is 1. The zero-order chi connectivity index (χ0) is 15.8. The highest BCUT2D eigenvalue weighted by molar-refractivity contribution is 7.90. The second kappa shape index (κ2) is 5.26. The highest BCUT2D eigenvalue weighted by Gasteiger charge is 2.22. The van der Waals surface area contributed by atoms with Gasteiger partial charge in [0.1, 0.15) is 15.4 Å². The lowest BCUT2D eigenvalue weighted by Gasteiger charge is -2.19. The fourth-order valence-electron chi connectivity index (χ4n) is 2.22. The predicted molar refractivity (Wildman–Crippen MR) is 82.4 cm³/mol. The largest absolute Gasteiger partial charge is 0.439 e. The third-order valence-corrected chi connectivity index (χ3v) is 4.14. The molecule has 0 saturated carbocycles. The van der Waals surface area contributed by atoms with Crippen molar-refractivity contribution in [1.29, 1.82) is 0 Å². The molecule has 1 heterocycles. The van der Waals surface area contributed by atoms with Gasteiger partial charge in [0.25, 0.3) is 0 Å². The van der Waals surface area contributed by atoms with Crippen LogP contribution in [-0.4, -0.2) is 25.4 Å². The maximum absolute atomic E-state index is 11.7. The van der Waals surface area contributed by atoms with E-state index < -0.39 is 15.6 Å². The summed E-state index contributed by atoms with van der Waals surface area (Å²) in [6.07, 6.45) is 1.50. The zero-order valence-corrected chi connectivity index (χ0v) is 13.5. The first-order valence-electron chi connectivity index (χ1n) is 6.69. The van der Waals surface area contributed by atoms with E-state index in [0.717, 1.165) is 5.39 Å². The van der Waals surface area contributed by atoms with Crippen molar-refractivity contribution in [2.24, 2.45) is 0 Å². The summed E-state index contributed by atoms with van der Waals surface area (Å²) < 4.78 is 27.9. The minimum absolute atomic E-state index is 0.0169. The molecule has 0 saturated heterocycles. The maximum atomic E-state index is 11.7. The van der Waals surface area contributed by atoms with E-state index in [4.69, 9.17) is 4.42 Å². The molecular weight excluding hydrogens is 290 g/mol. The Morgan fingerprint density at radius 1 is 1.24 bits per heavy atom. The van der Waals surface area contributed by atoms with E-state index in [-0.39, 0.29) is 11.2 Å². The molecule has 1 aromatic heterocycles. The Labute approximate surface area is 123 Å². The number of hydrogen-bond acceptors (Lipinski definition) is 5. The van der Waals surface area contributed by atoms with E-state index in [9.17, 15) is 13.2 Å². The van der Waals surface area contributed by atoms with Crippen LogP contribution in [0.2, 0.25) is 0 Å². The van der Waals surface area contributed by atoms with Crippen LogP contribution in [0.1, 0.15) is 32.0 Å². The molecule has 0 radical (unpaired) electrons. The first-order valence-corrected chi connectivity index (χ1v) is 8.75. The third kappa shape index (κ3) is 3.69. The number of hydrogen-bond donors (Lipinski definition) is 0. The molecule has 1 aromatic carbocycles. The van der Waals surface area contributed by atoms with E-state index in [1.54, 1.807) is 6.07 Å². The van der Waals surface area contributed by atoms with Crippen LogP contribution in [0.15, 0.2) is 27.4 Å². The van der Waals surface area contributed by atoms with Gasteiger partial charge >= 0.3 is 5.76 Å². The zero-order valence-electron chi connectivity index (χ0n) is 12.6. The van der Waals surface area contributed by atoms with Gasteiger partial charge in [-0.25, -0.2) is 13.2 Å². The van der Waals surface area contributed by atoms with Crippen molar-refractivity contribution >= 4 is 20.8 Å². The Balaban J connectivity index is 2.65. The summed E-state index contributed by atoms with van der Waals surface area (Å²) in [7, 11) is -3.08. The second-order valence-corrected chi connectivity index (χ2v) is 8.51. The average molecular weight is 309 g/mol. The lowest BCUT2D eigenvalue weighted by atomic mass is 9.89. The van der Waals surface area contributed by atoms with Gasteiger partial charge in [-0.05, 0) is 18.1 Å². The molecule has 2 aromatic rings. The standard InChI is InChI=1S/C15H19NO4S/c1-15(2,3)13-11-7-5-6-10(8-9-21(4,18)19)12(11)20-14(17)16-13/h5-7H,8-9H2,1-4H3. The summed E-state index contributed by atoms with van der Waals surface area (Å²) in [5, 5.41) is 0.758. The number of aromatic nitrogens is 1. The molecule has 0 spiro atoms. The maximum Gasteiger partial charge on any atom is 0.439 e. The Kier molecular flexibility index (Phi) is 3.93. The van der Waals surface area contributed by atoms with Crippen LogP contribution in [-0.2, 0) is 21.7 Å². The van der Waals surface area contributed by atoms with E-state index in [1.165, 1.54) is 6.26 Å². The van der Waals surface area contributed by atoms with Crippen molar-refractivity contribution in [1.82, 2.24) is 4.98 Å². The SMILES string of the molecule is CC(C)(C)c1nc(=O)oc2c(CCS(C)(=O)=O)cccc12. The quantitative estimate of drug-likeness (QED) is 0.867. The van der Waals surface area contributed by atoms with E-state index in [1.807, 2.05) is 32.9 Å². The first-order chi connectivity index (χ1) is 9.58. The topological polar surface area (TPSA) is 77.2 Å². The van der Waals surface area contributed by atoms with E-state index in [0.29, 0.717) is 23.3 Å². The molecule has 0 aliphatic carbocycles. The van der Waals surface area contributed by atoms with Crippen LogP contribution < -0.4 is 5.76 Å². The number of fused-ring (bicyclic) bond motifs is 1. The predicted octanol–water partition coefficient (Wildman–Crippen LogP) is 2.07. The van der Waals surface area contributed by atoms with Crippen LogP contribution in [0.4, 0.5) is 0 Å². The lowest BCUT2D eigenvalue weighted by molar-refractivity contribution is 0.496. The molecule has 6 heteroatoms. The monoisotopic (exact) mass is 309 g/mol. The number of benzene rings is 1. The molecule has 0 unspecified atom stereocenters. The highest BCUT2D eigenvalue weighted by atomic mass is 32.2. The molecule has 114 valence electrons. The number of sulfone groups is 1. The molecule has 5 nitrogen and oxygen atoms in total. The van der Waals surface area contributed by atoms with E-state index in [2.05, 4.69) is 4.98 Å². The summed E-state index contributed by atoms with van der Waals surface area (Å²) in [4.78, 5) is 15.7. The van der Waals surface area contributed by atoms with Gasteiger partial charge in [0.2, 0.25) is 0 Å². The minimum Gasteiger partial charge on any atom is -0.408 e. The summed E-state index contributed by atoms with van der Waals surface area (Å²) in [5.74, 6) is -0.637. The first kappa shape index (κ1) is 15.7. The van der Waals surface area contributed by atoms with E-state index >= 15 is 0 Å². The molecule has 0 aliphatic heterocycles. The molecule has 0 aliphatic rings.